The molecule has 0 N–H and O–H groups in total. The molecule has 0 spiro atoms. The molecule has 1 aliphatic carbocycles. The number of fused-ring (bicyclic) bond motifs is 1. The van der Waals surface area contributed by atoms with Crippen LogP contribution < -0.4 is 5.01 Å². The maximum Gasteiger partial charge on any atom is 0.318 e. The second-order valence-electron chi connectivity index (χ2n) is 7.52. The third kappa shape index (κ3) is 3.24. The summed E-state index contributed by atoms with van der Waals surface area (Å²) in [6.45, 7) is 4.32. The third-order valence-electron chi connectivity index (χ3n) is 5.61. The van der Waals surface area contributed by atoms with E-state index in [1.165, 1.54) is 5.56 Å². The van der Waals surface area contributed by atoms with Crippen LogP contribution in [0.3, 0.4) is 0 Å². The second-order valence-corrected chi connectivity index (χ2v) is 7.52. The van der Waals surface area contributed by atoms with Gasteiger partial charge in [-0.3, -0.25) is 4.79 Å². The van der Waals surface area contributed by atoms with E-state index in [4.69, 9.17) is 9.84 Å². The minimum atomic E-state index is -0.675. The zero-order chi connectivity index (χ0) is 19.6. The van der Waals surface area contributed by atoms with E-state index in [0.29, 0.717) is 13.0 Å². The number of carbonyl (C=O) groups excluding carboxylic acids is 1. The van der Waals surface area contributed by atoms with Gasteiger partial charge in [-0.1, -0.05) is 54.1 Å². The monoisotopic (exact) mass is 374 g/mol. The van der Waals surface area contributed by atoms with Gasteiger partial charge in [-0.05, 0) is 50.8 Å². The molecule has 0 saturated heterocycles. The van der Waals surface area contributed by atoms with Crippen molar-refractivity contribution in [2.24, 2.45) is 10.5 Å². The highest BCUT2D eigenvalue weighted by atomic mass is 16.5. The summed E-state index contributed by atoms with van der Waals surface area (Å²) in [4.78, 5) is 13.2. The van der Waals surface area contributed by atoms with Crippen molar-refractivity contribution in [3.8, 4) is 0 Å². The number of allylic oxidation sites excluding steroid dienone is 1. The molecule has 0 bridgehead atoms. The maximum absolute atomic E-state index is 13.2. The van der Waals surface area contributed by atoms with Gasteiger partial charge in [-0.25, -0.2) is 5.01 Å². The molecule has 1 unspecified atom stereocenters. The topological polar surface area (TPSA) is 41.9 Å². The van der Waals surface area contributed by atoms with Gasteiger partial charge in [0.15, 0.2) is 0 Å². The molecule has 1 atom stereocenters. The van der Waals surface area contributed by atoms with Gasteiger partial charge in [0, 0.05) is 6.42 Å². The molecule has 4 heteroatoms. The van der Waals surface area contributed by atoms with Crippen LogP contribution in [0.25, 0.3) is 0 Å². The van der Waals surface area contributed by atoms with E-state index >= 15 is 0 Å². The number of carbonyl (C=O) groups is 1. The molecule has 144 valence electrons. The number of rotatable bonds is 4. The lowest BCUT2D eigenvalue weighted by Gasteiger charge is -2.44. The lowest BCUT2D eigenvalue weighted by Crippen LogP contribution is -2.47. The standard InChI is InChI=1S/C24H26N2O2/c1-3-28-23(27)24-16-8-7-11-22(24)26(20-14-12-18(2)13-15-20)25-21(17-24)19-9-5-4-6-10-19/h4-6,9-15H,3,7-8,16-17H2,1-2H3. The molecule has 2 aromatic carbocycles. The first-order chi connectivity index (χ1) is 13.6. The number of hydrogen-bond acceptors (Lipinski definition) is 4. The Balaban J connectivity index is 1.87. The summed E-state index contributed by atoms with van der Waals surface area (Å²) >= 11 is 0. The van der Waals surface area contributed by atoms with Crippen LogP contribution in [-0.4, -0.2) is 18.3 Å². The Morgan fingerprint density at radius 3 is 2.61 bits per heavy atom. The fourth-order valence-electron chi connectivity index (χ4n) is 4.15. The van der Waals surface area contributed by atoms with E-state index in [1.807, 2.05) is 30.1 Å². The Hall–Kier alpha value is -2.88. The van der Waals surface area contributed by atoms with Gasteiger partial charge >= 0.3 is 5.97 Å². The van der Waals surface area contributed by atoms with Crippen LogP contribution >= 0.6 is 0 Å². The number of hydrogen-bond donors (Lipinski definition) is 0. The number of hydrazone groups is 1. The minimum absolute atomic E-state index is 0.138. The van der Waals surface area contributed by atoms with E-state index < -0.39 is 5.41 Å². The fourth-order valence-corrected chi connectivity index (χ4v) is 4.15. The van der Waals surface area contributed by atoms with Crippen molar-refractivity contribution in [1.29, 1.82) is 0 Å². The molecule has 2 aliphatic rings. The Bertz CT molecular complexity index is 915. The van der Waals surface area contributed by atoms with Gasteiger partial charge in [-0.15, -0.1) is 0 Å². The van der Waals surface area contributed by atoms with Crippen LogP contribution in [-0.2, 0) is 9.53 Å². The second kappa shape index (κ2) is 7.63. The normalized spacial score (nSPS) is 21.4. The van der Waals surface area contributed by atoms with Crippen LogP contribution in [0.5, 0.6) is 0 Å². The van der Waals surface area contributed by atoms with Crippen molar-refractivity contribution in [2.75, 3.05) is 11.6 Å². The molecule has 0 amide bonds. The molecular formula is C24H26N2O2. The molecule has 28 heavy (non-hydrogen) atoms. The smallest absolute Gasteiger partial charge is 0.318 e. The Labute approximate surface area is 166 Å². The maximum atomic E-state index is 13.2. The average Bonchev–Trinajstić information content (AvgIpc) is 2.74. The van der Waals surface area contributed by atoms with Crippen LogP contribution in [0.15, 0.2) is 71.5 Å². The van der Waals surface area contributed by atoms with Gasteiger partial charge < -0.3 is 4.74 Å². The van der Waals surface area contributed by atoms with Crippen LogP contribution in [0, 0.1) is 12.3 Å². The quantitative estimate of drug-likeness (QED) is 0.689. The molecule has 0 fully saturated rings. The SMILES string of the molecule is CCOC(=O)C12CCCC=C1N(c1ccc(C)cc1)N=C(c1ccccc1)C2. The summed E-state index contributed by atoms with van der Waals surface area (Å²) < 4.78 is 5.57. The van der Waals surface area contributed by atoms with E-state index in [9.17, 15) is 4.79 Å². The Kier molecular flexibility index (Phi) is 5.03. The van der Waals surface area contributed by atoms with Crippen molar-refractivity contribution in [3.63, 3.8) is 0 Å². The molecule has 2 aromatic rings. The van der Waals surface area contributed by atoms with Gasteiger partial charge in [0.1, 0.15) is 5.41 Å². The highest BCUT2D eigenvalue weighted by Gasteiger charge is 2.50. The number of ether oxygens (including phenoxy) is 1. The highest BCUT2D eigenvalue weighted by molar-refractivity contribution is 6.06. The van der Waals surface area contributed by atoms with Crippen LogP contribution in [0.1, 0.15) is 43.7 Å². The number of anilines is 1. The summed E-state index contributed by atoms with van der Waals surface area (Å²) in [6, 6.07) is 18.4. The van der Waals surface area contributed by atoms with Crippen LogP contribution in [0.2, 0.25) is 0 Å². The first kappa shape index (κ1) is 18.5. The van der Waals surface area contributed by atoms with E-state index in [2.05, 4.69) is 49.4 Å². The predicted molar refractivity (Wildman–Crippen MR) is 112 cm³/mol. The minimum Gasteiger partial charge on any atom is -0.465 e. The Morgan fingerprint density at radius 1 is 1.14 bits per heavy atom. The van der Waals surface area contributed by atoms with Crippen LogP contribution in [0.4, 0.5) is 5.69 Å². The number of esters is 1. The fraction of sp³-hybridized carbons (Fsp3) is 0.333. The summed E-state index contributed by atoms with van der Waals surface area (Å²) in [5.74, 6) is -0.138. The van der Waals surface area contributed by atoms with Gasteiger partial charge in [-0.2, -0.15) is 5.10 Å². The van der Waals surface area contributed by atoms with Gasteiger partial charge in [0.2, 0.25) is 0 Å². The van der Waals surface area contributed by atoms with Gasteiger partial charge in [0.05, 0.1) is 23.7 Å². The molecule has 1 heterocycles. The van der Waals surface area contributed by atoms with Crippen molar-refractivity contribution in [1.82, 2.24) is 0 Å². The molecule has 0 aromatic heterocycles. The Morgan fingerprint density at radius 2 is 1.89 bits per heavy atom. The van der Waals surface area contributed by atoms with Crippen molar-refractivity contribution in [3.05, 3.63) is 77.5 Å². The molecule has 0 radical (unpaired) electrons. The van der Waals surface area contributed by atoms with E-state index in [0.717, 1.165) is 41.9 Å². The molecule has 4 rings (SSSR count). The average molecular weight is 374 g/mol. The zero-order valence-corrected chi connectivity index (χ0v) is 16.5. The molecule has 1 aliphatic heterocycles. The highest BCUT2D eigenvalue weighted by Crippen LogP contribution is 2.48. The van der Waals surface area contributed by atoms with Crippen molar-refractivity contribution < 1.29 is 9.53 Å². The zero-order valence-electron chi connectivity index (χ0n) is 16.5. The van der Waals surface area contributed by atoms with E-state index in [1.54, 1.807) is 0 Å². The number of aryl methyl sites for hydroxylation is 1. The third-order valence-corrected chi connectivity index (χ3v) is 5.61. The first-order valence-electron chi connectivity index (χ1n) is 10.0. The first-order valence-corrected chi connectivity index (χ1v) is 10.0. The largest absolute Gasteiger partial charge is 0.465 e. The van der Waals surface area contributed by atoms with E-state index in [-0.39, 0.29) is 5.97 Å². The molecule has 4 nitrogen and oxygen atoms in total. The summed E-state index contributed by atoms with van der Waals surface area (Å²) in [7, 11) is 0. The predicted octanol–water partition coefficient (Wildman–Crippen LogP) is 5.23. The number of benzene rings is 2. The summed E-state index contributed by atoms with van der Waals surface area (Å²) in [5.41, 5.74) is 4.43. The lowest BCUT2D eigenvalue weighted by molar-refractivity contribution is -0.153. The van der Waals surface area contributed by atoms with Crippen molar-refractivity contribution >= 4 is 17.4 Å². The molecule has 0 saturated carbocycles. The summed E-state index contributed by atoms with van der Waals surface area (Å²) in [5, 5.41) is 6.96. The summed E-state index contributed by atoms with van der Waals surface area (Å²) in [6.07, 6.45) is 5.46. The molecular weight excluding hydrogens is 348 g/mol. The van der Waals surface area contributed by atoms with Crippen molar-refractivity contribution in [2.45, 2.75) is 39.5 Å². The lowest BCUT2D eigenvalue weighted by atomic mass is 9.70. The van der Waals surface area contributed by atoms with Gasteiger partial charge in [0.25, 0.3) is 0 Å². The number of nitrogens with zero attached hydrogens (tertiary/aromatic N) is 2.